The molecule has 1 aromatic carbocycles. The number of anilines is 2. The van der Waals surface area contributed by atoms with Gasteiger partial charge in [0.15, 0.2) is 0 Å². The summed E-state index contributed by atoms with van der Waals surface area (Å²) in [7, 11) is 0. The molecule has 0 radical (unpaired) electrons. The van der Waals surface area contributed by atoms with Crippen molar-refractivity contribution in [3.8, 4) is 5.75 Å². The normalized spacial score (nSPS) is 11.9. The highest BCUT2D eigenvalue weighted by molar-refractivity contribution is 5.32. The van der Waals surface area contributed by atoms with E-state index in [4.69, 9.17) is 10.5 Å². The summed E-state index contributed by atoms with van der Waals surface area (Å²) < 4.78 is 5.72. The molecule has 0 aliphatic heterocycles. The van der Waals surface area contributed by atoms with E-state index in [1.807, 2.05) is 38.1 Å². The van der Waals surface area contributed by atoms with Crippen molar-refractivity contribution in [3.05, 3.63) is 35.7 Å². The van der Waals surface area contributed by atoms with E-state index in [1.54, 1.807) is 6.92 Å². The highest BCUT2D eigenvalue weighted by Gasteiger charge is 2.07. The lowest BCUT2D eigenvalue weighted by molar-refractivity contribution is 0.303. The van der Waals surface area contributed by atoms with Crippen LogP contribution in [0.15, 0.2) is 24.3 Å². The molecule has 3 N–H and O–H groups in total. The van der Waals surface area contributed by atoms with Crippen molar-refractivity contribution in [2.45, 2.75) is 26.8 Å². The van der Waals surface area contributed by atoms with Crippen LogP contribution >= 0.6 is 0 Å². The molecule has 2 aromatic rings. The van der Waals surface area contributed by atoms with Crippen LogP contribution in [-0.2, 0) is 0 Å². The first kappa shape index (κ1) is 14.0. The average molecular weight is 273 g/mol. The largest absolute Gasteiger partial charge is 0.491 e. The zero-order chi connectivity index (χ0) is 14.5. The third kappa shape index (κ3) is 4.08. The van der Waals surface area contributed by atoms with Crippen molar-refractivity contribution in [2.75, 3.05) is 17.7 Å². The van der Waals surface area contributed by atoms with Crippen LogP contribution in [0.5, 0.6) is 5.75 Å². The van der Waals surface area contributed by atoms with E-state index in [0.717, 1.165) is 5.75 Å². The predicted octanol–water partition coefficient (Wildman–Crippen LogP) is 1.95. The Kier molecular flexibility index (Phi) is 4.34. The average Bonchev–Trinajstić information content (AvgIpc) is 2.35. The molecule has 0 amide bonds. The molecule has 0 aliphatic carbocycles. The van der Waals surface area contributed by atoms with E-state index in [1.165, 1.54) is 5.56 Å². The van der Waals surface area contributed by atoms with E-state index < -0.39 is 0 Å². The van der Waals surface area contributed by atoms with Gasteiger partial charge in [0, 0.05) is 0 Å². The number of nitrogens with one attached hydrogen (secondary N) is 1. The molecule has 0 aliphatic rings. The monoisotopic (exact) mass is 273 g/mol. The molecule has 0 spiro atoms. The number of nitrogens with two attached hydrogens (primary N) is 1. The predicted molar refractivity (Wildman–Crippen MR) is 78.7 cm³/mol. The fraction of sp³-hybridized carbons (Fsp3) is 0.357. The molecule has 6 heteroatoms. The highest BCUT2D eigenvalue weighted by Crippen LogP contribution is 2.13. The number of aromatic nitrogens is 3. The quantitative estimate of drug-likeness (QED) is 0.866. The Morgan fingerprint density at radius 3 is 2.75 bits per heavy atom. The number of nitrogens with zero attached hydrogens (tertiary/aromatic N) is 3. The van der Waals surface area contributed by atoms with Gasteiger partial charge in [0.2, 0.25) is 11.9 Å². The second-order valence-electron chi connectivity index (χ2n) is 4.74. The lowest BCUT2D eigenvalue weighted by Crippen LogP contribution is -2.25. The number of benzene rings is 1. The fourth-order valence-electron chi connectivity index (χ4n) is 1.76. The van der Waals surface area contributed by atoms with Crippen molar-refractivity contribution in [1.82, 2.24) is 15.0 Å². The van der Waals surface area contributed by atoms with Gasteiger partial charge in [-0.15, -0.1) is 0 Å². The zero-order valence-electron chi connectivity index (χ0n) is 11.9. The zero-order valence-corrected chi connectivity index (χ0v) is 11.9. The first-order chi connectivity index (χ1) is 9.52. The Hall–Kier alpha value is -2.37. The molecule has 6 nitrogen and oxygen atoms in total. The molecule has 1 heterocycles. The van der Waals surface area contributed by atoms with Crippen LogP contribution in [0.25, 0.3) is 0 Å². The smallest absolute Gasteiger partial charge is 0.228 e. The van der Waals surface area contributed by atoms with Crippen LogP contribution in [-0.4, -0.2) is 27.6 Å². The molecule has 2 rings (SSSR count). The third-order valence-electron chi connectivity index (χ3n) is 2.63. The maximum atomic E-state index is 5.72. The van der Waals surface area contributed by atoms with E-state index in [-0.39, 0.29) is 12.0 Å². The number of nitrogen functional groups attached to an aromatic ring is 1. The number of rotatable bonds is 5. The summed E-state index contributed by atoms with van der Waals surface area (Å²) in [6.45, 7) is 6.31. The lowest BCUT2D eigenvalue weighted by atomic mass is 10.2. The molecule has 0 saturated carbocycles. The minimum atomic E-state index is 0.0525. The second kappa shape index (κ2) is 6.18. The molecule has 0 bridgehead atoms. The van der Waals surface area contributed by atoms with Crippen LogP contribution in [0, 0.1) is 13.8 Å². The minimum absolute atomic E-state index is 0.0525. The van der Waals surface area contributed by atoms with Crippen LogP contribution in [0.4, 0.5) is 11.9 Å². The topological polar surface area (TPSA) is 86.0 Å². The number of hydrogen-bond acceptors (Lipinski definition) is 6. The van der Waals surface area contributed by atoms with E-state index in [0.29, 0.717) is 18.4 Å². The van der Waals surface area contributed by atoms with Crippen LogP contribution < -0.4 is 15.8 Å². The maximum absolute atomic E-state index is 5.72. The van der Waals surface area contributed by atoms with Gasteiger partial charge in [-0.25, -0.2) is 0 Å². The number of hydrogen-bond donors (Lipinski definition) is 2. The van der Waals surface area contributed by atoms with Gasteiger partial charge >= 0.3 is 0 Å². The summed E-state index contributed by atoms with van der Waals surface area (Å²) in [5, 5.41) is 3.14. The Balaban J connectivity index is 1.90. The van der Waals surface area contributed by atoms with Gasteiger partial charge in [-0.3, -0.25) is 0 Å². The summed E-state index contributed by atoms with van der Waals surface area (Å²) in [6.07, 6.45) is 0. The first-order valence-corrected chi connectivity index (χ1v) is 6.47. The molecule has 106 valence electrons. The molecular formula is C14H19N5O. The minimum Gasteiger partial charge on any atom is -0.491 e. The molecule has 1 atom stereocenters. The maximum Gasteiger partial charge on any atom is 0.228 e. The van der Waals surface area contributed by atoms with Gasteiger partial charge in [0.25, 0.3) is 0 Å². The van der Waals surface area contributed by atoms with E-state index in [9.17, 15) is 0 Å². The lowest BCUT2D eigenvalue weighted by Gasteiger charge is -2.15. The Morgan fingerprint density at radius 2 is 2.05 bits per heavy atom. The van der Waals surface area contributed by atoms with Gasteiger partial charge in [0.05, 0.1) is 6.04 Å². The van der Waals surface area contributed by atoms with Crippen molar-refractivity contribution < 1.29 is 4.74 Å². The summed E-state index contributed by atoms with van der Waals surface area (Å²) >= 11 is 0. The van der Waals surface area contributed by atoms with Crippen LogP contribution in [0.1, 0.15) is 18.3 Å². The molecule has 1 aromatic heterocycles. The fourth-order valence-corrected chi connectivity index (χ4v) is 1.76. The van der Waals surface area contributed by atoms with Gasteiger partial charge in [-0.1, -0.05) is 12.1 Å². The van der Waals surface area contributed by atoms with E-state index in [2.05, 4.69) is 20.3 Å². The molecule has 20 heavy (non-hydrogen) atoms. The van der Waals surface area contributed by atoms with Crippen LogP contribution in [0.2, 0.25) is 0 Å². The van der Waals surface area contributed by atoms with Crippen molar-refractivity contribution in [1.29, 1.82) is 0 Å². The third-order valence-corrected chi connectivity index (χ3v) is 2.63. The summed E-state index contributed by atoms with van der Waals surface area (Å²) in [6, 6.07) is 7.99. The molecule has 0 saturated heterocycles. The van der Waals surface area contributed by atoms with Gasteiger partial charge < -0.3 is 15.8 Å². The van der Waals surface area contributed by atoms with Crippen molar-refractivity contribution in [3.63, 3.8) is 0 Å². The van der Waals surface area contributed by atoms with Gasteiger partial charge in [0.1, 0.15) is 18.2 Å². The van der Waals surface area contributed by atoms with Gasteiger partial charge in [-0.2, -0.15) is 15.0 Å². The Labute approximate surface area is 118 Å². The standard InChI is InChI=1S/C14H19N5O/c1-9-5-4-6-12(7-9)20-8-10(2)16-14-18-11(3)17-13(15)19-14/h4-7,10H,8H2,1-3H3,(H3,15,16,17,18,19). The SMILES string of the molecule is Cc1cccc(OCC(C)Nc2nc(C)nc(N)n2)c1. The first-order valence-electron chi connectivity index (χ1n) is 6.47. The Morgan fingerprint density at radius 1 is 1.25 bits per heavy atom. The molecular weight excluding hydrogens is 254 g/mol. The number of aryl methyl sites for hydroxylation is 2. The molecule has 1 unspecified atom stereocenters. The highest BCUT2D eigenvalue weighted by atomic mass is 16.5. The van der Waals surface area contributed by atoms with Gasteiger partial charge in [-0.05, 0) is 38.5 Å². The second-order valence-corrected chi connectivity index (χ2v) is 4.74. The van der Waals surface area contributed by atoms with Crippen molar-refractivity contribution >= 4 is 11.9 Å². The summed E-state index contributed by atoms with van der Waals surface area (Å²) in [5.74, 6) is 2.12. The van der Waals surface area contributed by atoms with Crippen LogP contribution in [0.3, 0.4) is 0 Å². The van der Waals surface area contributed by atoms with E-state index >= 15 is 0 Å². The summed E-state index contributed by atoms with van der Waals surface area (Å²) in [4.78, 5) is 12.1. The summed E-state index contributed by atoms with van der Waals surface area (Å²) in [5.41, 5.74) is 6.75. The Bertz CT molecular complexity index is 567. The van der Waals surface area contributed by atoms with Crippen molar-refractivity contribution in [2.24, 2.45) is 0 Å². The number of ether oxygens (including phenoxy) is 1. The molecule has 0 fully saturated rings.